The van der Waals surface area contributed by atoms with Gasteiger partial charge in [-0.15, -0.1) is 0 Å². The Morgan fingerprint density at radius 3 is 3.00 bits per heavy atom. The van der Waals surface area contributed by atoms with Crippen molar-refractivity contribution in [3.05, 3.63) is 52.8 Å². The molecule has 102 valence electrons. The molecule has 0 amide bonds. The van der Waals surface area contributed by atoms with Crippen LogP contribution in [0.3, 0.4) is 0 Å². The number of aromatic nitrogens is 4. The highest BCUT2D eigenvalue weighted by atomic mass is 16.1. The van der Waals surface area contributed by atoms with Crippen LogP contribution < -0.4 is 10.9 Å². The van der Waals surface area contributed by atoms with E-state index in [1.165, 1.54) is 6.33 Å². The van der Waals surface area contributed by atoms with Gasteiger partial charge < -0.3 is 10.3 Å². The molecule has 2 heterocycles. The molecule has 0 bridgehead atoms. The van der Waals surface area contributed by atoms with Gasteiger partial charge >= 0.3 is 0 Å². The highest BCUT2D eigenvalue weighted by Crippen LogP contribution is 2.12. The second kappa shape index (κ2) is 5.56. The summed E-state index contributed by atoms with van der Waals surface area (Å²) < 4.78 is 0. The molecule has 1 aromatic carbocycles. The smallest absolute Gasteiger partial charge is 0.257 e. The predicted octanol–water partition coefficient (Wildman–Crippen LogP) is 1.69. The summed E-state index contributed by atoms with van der Waals surface area (Å²) in [5.74, 6) is 1.62. The average molecular weight is 269 g/mol. The first-order chi connectivity index (χ1) is 9.83. The third kappa shape index (κ3) is 2.69. The maximum Gasteiger partial charge on any atom is 0.257 e. The van der Waals surface area contributed by atoms with Gasteiger partial charge in [0.15, 0.2) is 0 Å². The van der Waals surface area contributed by atoms with Crippen LogP contribution in [0.5, 0.6) is 0 Å². The molecule has 0 fully saturated rings. The fourth-order valence-corrected chi connectivity index (χ4v) is 2.14. The Kier molecular flexibility index (Phi) is 3.45. The Morgan fingerprint density at radius 1 is 1.25 bits per heavy atom. The van der Waals surface area contributed by atoms with E-state index >= 15 is 0 Å². The van der Waals surface area contributed by atoms with Crippen LogP contribution in [0.1, 0.15) is 12.2 Å². The van der Waals surface area contributed by atoms with Crippen molar-refractivity contribution in [3.8, 4) is 0 Å². The standard InChI is InChI=1S/C14H15N5O/c20-14-11-5-2-1-4-10(11)8-13(18-14)15-7-3-6-12-16-9-17-19-12/h1-2,4-5,8-9H,3,6-7H2,(H2,15,18,20)(H,16,17,19). The Morgan fingerprint density at radius 2 is 2.15 bits per heavy atom. The SMILES string of the molecule is O=c1[nH]c(NCCCc2ncn[nH]2)cc2ccccc12. The molecule has 3 N–H and O–H groups in total. The van der Waals surface area contributed by atoms with Crippen LogP contribution in [0.4, 0.5) is 5.82 Å². The van der Waals surface area contributed by atoms with Crippen LogP contribution in [-0.4, -0.2) is 26.7 Å². The van der Waals surface area contributed by atoms with Crippen LogP contribution in [0.2, 0.25) is 0 Å². The normalized spacial score (nSPS) is 10.8. The third-order valence-electron chi connectivity index (χ3n) is 3.12. The number of hydrogen-bond acceptors (Lipinski definition) is 4. The number of aryl methyl sites for hydroxylation is 1. The molecule has 3 aromatic rings. The summed E-state index contributed by atoms with van der Waals surface area (Å²) in [6, 6.07) is 9.49. The van der Waals surface area contributed by atoms with E-state index in [9.17, 15) is 4.79 Å². The molecule has 0 unspecified atom stereocenters. The molecule has 0 aliphatic carbocycles. The maximum atomic E-state index is 11.9. The van der Waals surface area contributed by atoms with Crippen molar-refractivity contribution in [1.29, 1.82) is 0 Å². The highest BCUT2D eigenvalue weighted by Gasteiger charge is 2.01. The molecule has 0 aliphatic heterocycles. The Bertz CT molecular complexity index is 748. The Labute approximate surface area is 115 Å². The fourth-order valence-electron chi connectivity index (χ4n) is 2.14. The lowest BCUT2D eigenvalue weighted by atomic mass is 10.2. The summed E-state index contributed by atoms with van der Waals surface area (Å²) in [6.45, 7) is 0.759. The first kappa shape index (κ1) is 12.4. The van der Waals surface area contributed by atoms with E-state index in [-0.39, 0.29) is 5.56 Å². The summed E-state index contributed by atoms with van der Waals surface area (Å²) >= 11 is 0. The first-order valence-corrected chi connectivity index (χ1v) is 6.53. The topological polar surface area (TPSA) is 86.5 Å². The number of hydrogen-bond donors (Lipinski definition) is 3. The van der Waals surface area contributed by atoms with Gasteiger partial charge in [0, 0.05) is 18.4 Å². The molecule has 0 atom stereocenters. The third-order valence-corrected chi connectivity index (χ3v) is 3.12. The summed E-state index contributed by atoms with van der Waals surface area (Å²) in [6.07, 6.45) is 3.23. The number of nitrogens with one attached hydrogen (secondary N) is 3. The van der Waals surface area contributed by atoms with E-state index in [0.717, 1.165) is 36.4 Å². The zero-order valence-electron chi connectivity index (χ0n) is 10.9. The fraction of sp³-hybridized carbons (Fsp3) is 0.214. The van der Waals surface area contributed by atoms with E-state index in [2.05, 4.69) is 25.5 Å². The van der Waals surface area contributed by atoms with Crippen molar-refractivity contribution in [1.82, 2.24) is 20.2 Å². The lowest BCUT2D eigenvalue weighted by molar-refractivity contribution is 0.803. The number of nitrogens with zero attached hydrogens (tertiary/aromatic N) is 2. The second-order valence-corrected chi connectivity index (χ2v) is 4.56. The highest BCUT2D eigenvalue weighted by molar-refractivity contribution is 5.83. The maximum absolute atomic E-state index is 11.9. The lowest BCUT2D eigenvalue weighted by Gasteiger charge is -2.06. The first-order valence-electron chi connectivity index (χ1n) is 6.53. The summed E-state index contributed by atoms with van der Waals surface area (Å²) in [5.41, 5.74) is -0.0687. The van der Waals surface area contributed by atoms with Gasteiger partial charge in [0.1, 0.15) is 18.0 Å². The summed E-state index contributed by atoms with van der Waals surface area (Å²) in [4.78, 5) is 18.8. The molecule has 0 aliphatic rings. The van der Waals surface area contributed by atoms with E-state index in [4.69, 9.17) is 0 Å². The van der Waals surface area contributed by atoms with E-state index in [0.29, 0.717) is 5.39 Å². The molecule has 6 nitrogen and oxygen atoms in total. The van der Waals surface area contributed by atoms with Crippen molar-refractivity contribution in [2.45, 2.75) is 12.8 Å². The van der Waals surface area contributed by atoms with Gasteiger partial charge in [-0.25, -0.2) is 4.98 Å². The van der Waals surface area contributed by atoms with Gasteiger partial charge in [0.2, 0.25) is 0 Å². The number of aromatic amines is 2. The molecule has 6 heteroatoms. The number of fused-ring (bicyclic) bond motifs is 1. The number of pyridine rings is 1. The largest absolute Gasteiger partial charge is 0.372 e. The molecule has 0 spiro atoms. The quantitative estimate of drug-likeness (QED) is 0.615. The zero-order valence-corrected chi connectivity index (χ0v) is 10.9. The molecule has 0 saturated carbocycles. The van der Waals surface area contributed by atoms with Gasteiger partial charge in [-0.3, -0.25) is 9.89 Å². The monoisotopic (exact) mass is 269 g/mol. The molecular weight excluding hydrogens is 254 g/mol. The van der Waals surface area contributed by atoms with Crippen LogP contribution in [0, 0.1) is 0 Å². The van der Waals surface area contributed by atoms with Gasteiger partial charge in [0.25, 0.3) is 5.56 Å². The number of rotatable bonds is 5. The minimum Gasteiger partial charge on any atom is -0.372 e. The van der Waals surface area contributed by atoms with E-state index in [1.54, 1.807) is 0 Å². The van der Waals surface area contributed by atoms with Crippen molar-refractivity contribution < 1.29 is 0 Å². The lowest BCUT2D eigenvalue weighted by Crippen LogP contribution is -2.12. The minimum absolute atomic E-state index is 0.0687. The Balaban J connectivity index is 1.64. The van der Waals surface area contributed by atoms with Gasteiger partial charge in [-0.05, 0) is 23.9 Å². The molecule has 3 rings (SSSR count). The van der Waals surface area contributed by atoms with Crippen molar-refractivity contribution in [3.63, 3.8) is 0 Å². The van der Waals surface area contributed by atoms with Crippen LogP contribution in [0.15, 0.2) is 41.5 Å². The molecular formula is C14H15N5O. The van der Waals surface area contributed by atoms with Gasteiger partial charge in [-0.1, -0.05) is 18.2 Å². The summed E-state index contributed by atoms with van der Waals surface area (Å²) in [5, 5.41) is 11.5. The zero-order chi connectivity index (χ0) is 13.8. The van der Waals surface area contributed by atoms with Crippen LogP contribution in [-0.2, 0) is 6.42 Å². The number of anilines is 1. The Hall–Kier alpha value is -2.63. The minimum atomic E-state index is -0.0687. The molecule has 0 radical (unpaired) electrons. The van der Waals surface area contributed by atoms with Crippen molar-refractivity contribution >= 4 is 16.6 Å². The average Bonchev–Trinajstić information content (AvgIpc) is 2.97. The van der Waals surface area contributed by atoms with Crippen molar-refractivity contribution in [2.75, 3.05) is 11.9 Å². The van der Waals surface area contributed by atoms with Gasteiger partial charge in [0.05, 0.1) is 0 Å². The van der Waals surface area contributed by atoms with E-state index in [1.807, 2.05) is 30.3 Å². The van der Waals surface area contributed by atoms with Crippen LogP contribution >= 0.6 is 0 Å². The van der Waals surface area contributed by atoms with Crippen molar-refractivity contribution in [2.24, 2.45) is 0 Å². The molecule has 2 aromatic heterocycles. The van der Waals surface area contributed by atoms with E-state index < -0.39 is 0 Å². The number of H-pyrrole nitrogens is 2. The van der Waals surface area contributed by atoms with Gasteiger partial charge in [-0.2, -0.15) is 5.10 Å². The summed E-state index contributed by atoms with van der Waals surface area (Å²) in [7, 11) is 0. The van der Waals surface area contributed by atoms with Crippen LogP contribution in [0.25, 0.3) is 10.8 Å². The molecule has 20 heavy (non-hydrogen) atoms. The number of benzene rings is 1. The predicted molar refractivity (Wildman–Crippen MR) is 77.8 cm³/mol. The molecule has 0 saturated heterocycles. The second-order valence-electron chi connectivity index (χ2n) is 4.56.